The van der Waals surface area contributed by atoms with Gasteiger partial charge in [0.15, 0.2) is 6.23 Å². The molecule has 0 aromatic heterocycles. The maximum atomic E-state index is 13.4. The van der Waals surface area contributed by atoms with Crippen LogP contribution < -0.4 is 21.7 Å². The molecule has 4 atom stereocenters. The van der Waals surface area contributed by atoms with E-state index in [9.17, 15) is 24.0 Å². The summed E-state index contributed by atoms with van der Waals surface area (Å²) >= 11 is 0. The first-order valence-electron chi connectivity index (χ1n) is 16.2. The van der Waals surface area contributed by atoms with Crippen LogP contribution in [0.3, 0.4) is 0 Å². The predicted molar refractivity (Wildman–Crippen MR) is 176 cm³/mol. The van der Waals surface area contributed by atoms with E-state index in [0.29, 0.717) is 38.8 Å². The van der Waals surface area contributed by atoms with Crippen LogP contribution in [0.25, 0.3) is 0 Å². The zero-order valence-corrected chi connectivity index (χ0v) is 29.1. The number of Topliss-reactive ketones (excluding diaryl/α,β-unsaturated/α-hetero) is 1. The number of nitrogens with two attached hydrogens (primary N) is 1. The molecule has 1 aliphatic heterocycles. The zero-order chi connectivity index (χ0) is 35.6. The Morgan fingerprint density at radius 3 is 2.34 bits per heavy atom. The molecule has 268 valence electrons. The van der Waals surface area contributed by atoms with Crippen molar-refractivity contribution in [3.63, 3.8) is 0 Å². The number of alkyl carbamates (subject to hydrolysis) is 1. The van der Waals surface area contributed by atoms with Gasteiger partial charge in [-0.1, -0.05) is 32.9 Å². The summed E-state index contributed by atoms with van der Waals surface area (Å²) < 4.78 is 22.0. The van der Waals surface area contributed by atoms with Gasteiger partial charge in [-0.2, -0.15) is 0 Å². The summed E-state index contributed by atoms with van der Waals surface area (Å²) in [6.45, 7) is 16.5. The van der Waals surface area contributed by atoms with E-state index in [1.165, 1.54) is 13.0 Å². The van der Waals surface area contributed by atoms with Gasteiger partial charge < -0.3 is 50.3 Å². The number of hydrogen-bond acceptors (Lipinski definition) is 9. The van der Waals surface area contributed by atoms with Crippen LogP contribution in [0.1, 0.15) is 87.0 Å². The average Bonchev–Trinajstić information content (AvgIpc) is 2.98. The molecule has 0 saturated carbocycles. The van der Waals surface area contributed by atoms with Crippen molar-refractivity contribution in [3.05, 3.63) is 12.7 Å². The van der Waals surface area contributed by atoms with Crippen molar-refractivity contribution < 1.29 is 42.9 Å². The number of guanidine groups is 1. The van der Waals surface area contributed by atoms with E-state index < -0.39 is 54.0 Å². The molecule has 1 heterocycles. The second-order valence-corrected chi connectivity index (χ2v) is 12.9. The number of unbranched alkanes of at least 4 members (excludes halogenated alkanes) is 2. The van der Waals surface area contributed by atoms with Crippen LogP contribution in [0.5, 0.6) is 0 Å². The van der Waals surface area contributed by atoms with Crippen molar-refractivity contribution in [3.8, 4) is 0 Å². The molecule has 1 rings (SSSR count). The molecule has 5 N–H and O–H groups in total. The van der Waals surface area contributed by atoms with Crippen molar-refractivity contribution in [1.29, 1.82) is 0 Å². The van der Waals surface area contributed by atoms with Crippen LogP contribution in [0.15, 0.2) is 17.6 Å². The molecule has 1 fully saturated rings. The van der Waals surface area contributed by atoms with Crippen LogP contribution in [-0.4, -0.2) is 104 Å². The van der Waals surface area contributed by atoms with E-state index in [2.05, 4.69) is 27.5 Å². The van der Waals surface area contributed by atoms with Crippen molar-refractivity contribution in [2.24, 2.45) is 16.6 Å². The van der Waals surface area contributed by atoms with E-state index in [0.717, 1.165) is 12.8 Å². The topological polar surface area (TPSA) is 200 Å². The maximum Gasteiger partial charge on any atom is 0.437 e. The predicted octanol–water partition coefficient (Wildman–Crippen LogP) is 2.77. The number of amides is 4. The van der Waals surface area contributed by atoms with E-state index in [1.54, 1.807) is 11.8 Å². The fraction of sp³-hybridized carbons (Fsp3) is 0.750. The van der Waals surface area contributed by atoms with Crippen molar-refractivity contribution >= 4 is 35.7 Å². The fourth-order valence-corrected chi connectivity index (χ4v) is 4.37. The molecule has 0 aliphatic carbocycles. The normalized spacial score (nSPS) is 18.1. The number of carbonyl (C=O) groups excluding carboxylic acids is 5. The Labute approximate surface area is 278 Å². The highest BCUT2D eigenvalue weighted by molar-refractivity contribution is 5.91. The molecule has 0 aromatic rings. The van der Waals surface area contributed by atoms with E-state index in [1.807, 2.05) is 34.6 Å². The first-order valence-corrected chi connectivity index (χ1v) is 16.2. The third-order valence-electron chi connectivity index (χ3n) is 6.77. The highest BCUT2D eigenvalue weighted by atomic mass is 16.6. The lowest BCUT2D eigenvalue weighted by Crippen LogP contribution is -2.62. The van der Waals surface area contributed by atoms with Crippen LogP contribution in [-0.2, 0) is 33.3 Å². The summed E-state index contributed by atoms with van der Waals surface area (Å²) in [6.07, 6.45) is 2.74. The van der Waals surface area contributed by atoms with Gasteiger partial charge >= 0.3 is 12.2 Å². The minimum absolute atomic E-state index is 0.0318. The van der Waals surface area contributed by atoms with Gasteiger partial charge in [0.25, 0.3) is 0 Å². The molecule has 4 amide bonds. The summed E-state index contributed by atoms with van der Waals surface area (Å²) in [5, 5.41) is 8.10. The number of nitrogens with zero attached hydrogens (tertiary/aromatic N) is 2. The van der Waals surface area contributed by atoms with Crippen molar-refractivity contribution in [2.45, 2.75) is 117 Å². The number of aliphatic imine (C=N–C) groups is 1. The molecule has 0 aromatic carbocycles. The van der Waals surface area contributed by atoms with E-state index in [-0.39, 0.29) is 37.5 Å². The van der Waals surface area contributed by atoms with Crippen molar-refractivity contribution in [2.75, 3.05) is 33.0 Å². The minimum atomic E-state index is -1.12. The van der Waals surface area contributed by atoms with Gasteiger partial charge in [0.1, 0.15) is 24.5 Å². The Balaban J connectivity index is 3.02. The molecule has 2 unspecified atom stereocenters. The van der Waals surface area contributed by atoms with E-state index >= 15 is 0 Å². The van der Waals surface area contributed by atoms with Gasteiger partial charge in [-0.3, -0.25) is 9.59 Å². The molecule has 0 radical (unpaired) electrons. The number of ether oxygens (including phenoxy) is 4. The van der Waals surface area contributed by atoms with E-state index in [4.69, 9.17) is 24.7 Å². The van der Waals surface area contributed by atoms with Crippen LogP contribution in [0.4, 0.5) is 9.59 Å². The molecule has 0 spiro atoms. The Kier molecular flexibility index (Phi) is 18.6. The summed E-state index contributed by atoms with van der Waals surface area (Å²) in [5.74, 6) is -1.03. The third kappa shape index (κ3) is 17.7. The largest absolute Gasteiger partial charge is 0.449 e. The summed E-state index contributed by atoms with van der Waals surface area (Å²) in [5.41, 5.74) is 5.60. The number of likely N-dealkylation sites (tertiary alicyclic amines) is 1. The fourth-order valence-electron chi connectivity index (χ4n) is 4.37. The maximum absolute atomic E-state index is 13.4. The number of carbonyl (C=O) groups is 5. The molecule has 15 heteroatoms. The number of rotatable bonds is 18. The first-order chi connectivity index (χ1) is 22.0. The lowest BCUT2D eigenvalue weighted by molar-refractivity contribution is -0.133. The number of ketones is 1. The highest BCUT2D eigenvalue weighted by Gasteiger charge is 2.36. The molecule has 1 saturated heterocycles. The lowest BCUT2D eigenvalue weighted by Gasteiger charge is -2.41. The van der Waals surface area contributed by atoms with Gasteiger partial charge in [0, 0.05) is 19.6 Å². The van der Waals surface area contributed by atoms with Crippen LogP contribution in [0, 0.1) is 5.92 Å². The summed E-state index contributed by atoms with van der Waals surface area (Å²) in [7, 11) is 0. The number of piperidine rings is 1. The monoisotopic (exact) mass is 668 g/mol. The quantitative estimate of drug-likeness (QED) is 0.0725. The van der Waals surface area contributed by atoms with Gasteiger partial charge in [0.2, 0.25) is 17.8 Å². The Morgan fingerprint density at radius 2 is 1.72 bits per heavy atom. The summed E-state index contributed by atoms with van der Waals surface area (Å²) in [4.78, 5) is 67.7. The van der Waals surface area contributed by atoms with Crippen molar-refractivity contribution in [1.82, 2.24) is 20.9 Å². The third-order valence-corrected chi connectivity index (χ3v) is 6.77. The first kappa shape index (κ1) is 41.3. The van der Waals surface area contributed by atoms with Crippen LogP contribution >= 0.6 is 0 Å². The van der Waals surface area contributed by atoms with Gasteiger partial charge in [0.05, 0.1) is 24.9 Å². The molecule has 15 nitrogen and oxygen atoms in total. The summed E-state index contributed by atoms with van der Waals surface area (Å²) in [6, 6.07) is -2.70. The molecule has 47 heavy (non-hydrogen) atoms. The molecular weight excluding hydrogens is 612 g/mol. The van der Waals surface area contributed by atoms with Gasteiger partial charge in [-0.15, -0.1) is 4.99 Å². The number of nitrogens with one attached hydrogen (secondary N) is 3. The SMILES string of the molecule is C=CCOC(=O)/N=C(\N)N1CCCC(NC(=O)[C@H](C)NC(=O)[C@@H](COC(C)(C)C)NC(=O)OCC(C)C)C1OCCCCCC(C)=O. The molecule has 0 bridgehead atoms. The highest BCUT2D eigenvalue weighted by Crippen LogP contribution is 2.20. The molecule has 1 aliphatic rings. The Bertz CT molecular complexity index is 1080. The second kappa shape index (κ2) is 21.2. The standard InChI is InChI=1S/C32H56N6O9/c1-9-17-45-31(43)37-29(33)38-16-13-15-24(28(38)44-18-12-10-11-14-22(4)39)35-26(40)23(5)34-27(41)25(20-47-32(6,7)8)36-30(42)46-19-21(2)3/h9,21,23-25,28H,1,10-20H2,2-8H3,(H,34,41)(H,35,40)(H,36,42)(H2,33,37,43)/t23-,24?,25+,28?/m0/s1. The Hall–Kier alpha value is -3.72. The van der Waals surface area contributed by atoms with Gasteiger partial charge in [-0.25, -0.2) is 9.59 Å². The Morgan fingerprint density at radius 1 is 1.02 bits per heavy atom. The average molecular weight is 669 g/mol. The zero-order valence-electron chi connectivity index (χ0n) is 29.1. The second-order valence-electron chi connectivity index (χ2n) is 12.9. The van der Waals surface area contributed by atoms with Gasteiger partial charge in [-0.05, 0) is 66.2 Å². The lowest BCUT2D eigenvalue weighted by atomic mass is 10.0. The van der Waals surface area contributed by atoms with Crippen LogP contribution in [0.2, 0.25) is 0 Å². The number of hydrogen-bond donors (Lipinski definition) is 4. The smallest absolute Gasteiger partial charge is 0.437 e. The minimum Gasteiger partial charge on any atom is -0.449 e. The molecular formula is C32H56N6O9.